The van der Waals surface area contributed by atoms with E-state index >= 15 is 0 Å². The van der Waals surface area contributed by atoms with Crippen LogP contribution < -0.4 is 16.4 Å². The Hall–Kier alpha value is -3.55. The number of carbonyl (C=O) groups excluding carboxylic acids is 5. The van der Waals surface area contributed by atoms with Crippen molar-refractivity contribution in [1.29, 1.82) is 0 Å². The van der Waals surface area contributed by atoms with Crippen LogP contribution in [-0.2, 0) is 44.6 Å². The van der Waals surface area contributed by atoms with Crippen LogP contribution in [0.2, 0.25) is 0 Å². The second kappa shape index (κ2) is 20.2. The topological polar surface area (TPSA) is 170 Å². The lowest BCUT2D eigenvalue weighted by molar-refractivity contribution is -0.149. The first-order valence-corrected chi connectivity index (χ1v) is 19.2. The number of hydrogen-bond donors (Lipinski definition) is 3. The predicted molar refractivity (Wildman–Crippen MR) is 202 cm³/mol. The molecule has 1 aromatic rings. The number of likely N-dealkylation sites (N-methyl/N-ethyl adjacent to an activating group) is 1. The predicted octanol–water partition coefficient (Wildman–Crippen LogP) is 3.22. The summed E-state index contributed by atoms with van der Waals surface area (Å²) in [6.45, 7) is 9.20. The van der Waals surface area contributed by atoms with Crippen molar-refractivity contribution >= 4 is 29.6 Å². The lowest BCUT2D eigenvalue weighted by Gasteiger charge is -2.43. The van der Waals surface area contributed by atoms with Crippen molar-refractivity contribution in [3.05, 3.63) is 35.9 Å². The van der Waals surface area contributed by atoms with Gasteiger partial charge in [-0.3, -0.25) is 19.2 Å². The quantitative estimate of drug-likeness (QED) is 0.191. The maximum atomic E-state index is 14.3. The van der Waals surface area contributed by atoms with Crippen LogP contribution >= 0.6 is 0 Å². The Kier molecular flexibility index (Phi) is 16.7. The van der Waals surface area contributed by atoms with Crippen molar-refractivity contribution in [3.63, 3.8) is 0 Å². The van der Waals surface area contributed by atoms with E-state index in [9.17, 15) is 24.0 Å². The third-order valence-electron chi connectivity index (χ3n) is 11.1. The van der Waals surface area contributed by atoms with Crippen LogP contribution in [0.3, 0.4) is 0 Å². The minimum absolute atomic E-state index is 0.0266. The molecule has 0 bridgehead atoms. The van der Waals surface area contributed by atoms with Gasteiger partial charge in [0, 0.05) is 34.2 Å². The molecule has 4 amide bonds. The Bertz CT molecular complexity index is 1360. The van der Waals surface area contributed by atoms with E-state index in [0.717, 1.165) is 44.1 Å². The molecule has 0 radical (unpaired) electrons. The fourth-order valence-electron chi connectivity index (χ4n) is 7.96. The van der Waals surface area contributed by atoms with Crippen LogP contribution in [-0.4, -0.2) is 116 Å². The van der Waals surface area contributed by atoms with Crippen molar-refractivity contribution in [3.8, 4) is 0 Å². The van der Waals surface area contributed by atoms with Crippen LogP contribution in [0.4, 0.5) is 0 Å². The molecule has 1 heterocycles. The van der Waals surface area contributed by atoms with Gasteiger partial charge in [-0.2, -0.15) is 0 Å². The summed E-state index contributed by atoms with van der Waals surface area (Å²) in [7, 11) is 6.14. The van der Waals surface area contributed by atoms with Crippen molar-refractivity contribution in [2.75, 3.05) is 34.9 Å². The molecule has 1 saturated heterocycles. The number of benzene rings is 1. The highest BCUT2D eigenvalue weighted by atomic mass is 16.5. The van der Waals surface area contributed by atoms with Gasteiger partial charge < -0.3 is 40.4 Å². The number of hydrogen-bond acceptors (Lipinski definition) is 9. The molecule has 298 valence electrons. The summed E-state index contributed by atoms with van der Waals surface area (Å²) in [5.41, 5.74) is 5.78. The molecular weight excluding hydrogens is 678 g/mol. The second-order valence-electron chi connectivity index (χ2n) is 15.8. The number of methoxy groups -OCH3 is 3. The first kappa shape index (κ1) is 43.9. The Morgan fingerprint density at radius 3 is 2.11 bits per heavy atom. The van der Waals surface area contributed by atoms with Gasteiger partial charge in [-0.05, 0) is 56.9 Å². The number of nitrogens with one attached hydrogen (secondary N) is 2. The number of esters is 1. The molecule has 1 aromatic carbocycles. The van der Waals surface area contributed by atoms with Gasteiger partial charge in [0.2, 0.25) is 23.6 Å². The zero-order chi connectivity index (χ0) is 39.5. The van der Waals surface area contributed by atoms with Crippen LogP contribution in [0.5, 0.6) is 0 Å². The summed E-state index contributed by atoms with van der Waals surface area (Å²) in [5, 5.41) is 5.73. The summed E-state index contributed by atoms with van der Waals surface area (Å²) in [6, 6.07) is 6.89. The summed E-state index contributed by atoms with van der Waals surface area (Å²) in [6.07, 6.45) is 5.35. The highest BCUT2D eigenvalue weighted by molar-refractivity contribution is 5.92. The number of amides is 4. The van der Waals surface area contributed by atoms with Crippen LogP contribution in [0.25, 0.3) is 0 Å². The molecule has 7 unspecified atom stereocenters. The van der Waals surface area contributed by atoms with Gasteiger partial charge in [0.05, 0.1) is 49.3 Å². The number of rotatable bonds is 18. The molecule has 2 fully saturated rings. The van der Waals surface area contributed by atoms with E-state index in [1.165, 1.54) is 14.2 Å². The molecule has 2 aliphatic rings. The van der Waals surface area contributed by atoms with E-state index in [1.54, 1.807) is 44.7 Å². The van der Waals surface area contributed by atoms with E-state index in [1.807, 2.05) is 44.2 Å². The second-order valence-corrected chi connectivity index (χ2v) is 15.8. The Labute approximate surface area is 316 Å². The maximum absolute atomic E-state index is 14.3. The highest BCUT2D eigenvalue weighted by Crippen LogP contribution is 2.34. The van der Waals surface area contributed by atoms with Crippen LogP contribution in [0.1, 0.15) is 91.5 Å². The normalized spacial score (nSPS) is 20.1. The lowest BCUT2D eigenvalue weighted by Crippen LogP contribution is -2.61. The summed E-state index contributed by atoms with van der Waals surface area (Å²) in [5.74, 6) is -2.54. The Balaban J connectivity index is 1.81. The summed E-state index contributed by atoms with van der Waals surface area (Å²) >= 11 is 0. The molecule has 1 saturated carbocycles. The van der Waals surface area contributed by atoms with Crippen molar-refractivity contribution in [1.82, 2.24) is 20.4 Å². The van der Waals surface area contributed by atoms with E-state index in [0.29, 0.717) is 13.0 Å². The van der Waals surface area contributed by atoms with Gasteiger partial charge in [-0.1, -0.05) is 70.4 Å². The smallest absolute Gasteiger partial charge is 0.328 e. The third-order valence-corrected chi connectivity index (χ3v) is 11.1. The van der Waals surface area contributed by atoms with Gasteiger partial charge in [0.15, 0.2) is 0 Å². The Morgan fingerprint density at radius 1 is 0.925 bits per heavy atom. The average molecular weight is 744 g/mol. The summed E-state index contributed by atoms with van der Waals surface area (Å²) in [4.78, 5) is 71.2. The molecule has 1 aliphatic carbocycles. The van der Waals surface area contributed by atoms with Gasteiger partial charge in [-0.15, -0.1) is 0 Å². The molecule has 3 rings (SSSR count). The lowest BCUT2D eigenvalue weighted by atomic mass is 9.80. The minimum Gasteiger partial charge on any atom is -0.467 e. The minimum atomic E-state index is -1.16. The van der Waals surface area contributed by atoms with Gasteiger partial charge in [-0.25, -0.2) is 4.79 Å². The fraction of sp³-hybridized carbons (Fsp3) is 0.725. The molecule has 7 atom stereocenters. The molecule has 13 heteroatoms. The molecule has 1 aliphatic heterocycles. The number of likely N-dealkylation sites (tertiary alicyclic amines) is 1. The summed E-state index contributed by atoms with van der Waals surface area (Å²) < 4.78 is 17.0. The molecule has 0 aromatic heterocycles. The number of nitrogens with zero attached hydrogens (tertiary/aromatic N) is 2. The van der Waals surface area contributed by atoms with Crippen LogP contribution in [0, 0.1) is 17.8 Å². The molecule has 13 nitrogen and oxygen atoms in total. The SMILES string of the molecule is COC(=O)C(Cc1ccccc1)NC(=O)C(C)C(OC)C1CCCN1C(=O)CC(OC)C(C1CCCCC1)N(C)C(=O)C(NC(=O)C(C)(C)N)C(C)C. The van der Waals surface area contributed by atoms with Crippen LogP contribution in [0.15, 0.2) is 30.3 Å². The number of nitrogens with two attached hydrogens (primary N) is 1. The van der Waals surface area contributed by atoms with Crippen molar-refractivity contribution < 1.29 is 38.2 Å². The standard InChI is InChI=1S/C40H65N5O8/c1-25(2)33(43-39(50)40(4,5)41)37(48)44(6)34(28-19-14-11-15-20-28)31(51-7)24-32(46)45-22-16-21-30(45)35(52-8)26(3)36(47)42-29(38(49)53-9)23-27-17-12-10-13-18-27/h10,12-13,17-18,25-26,28-31,33-35H,11,14-16,19-24,41H2,1-9H3,(H,42,47)(H,43,50). The monoisotopic (exact) mass is 743 g/mol. The zero-order valence-electron chi connectivity index (χ0n) is 33.4. The van der Waals surface area contributed by atoms with Gasteiger partial charge in [0.1, 0.15) is 12.1 Å². The zero-order valence-corrected chi connectivity index (χ0v) is 33.4. The largest absolute Gasteiger partial charge is 0.467 e. The van der Waals surface area contributed by atoms with Crippen molar-refractivity contribution in [2.24, 2.45) is 23.5 Å². The van der Waals surface area contributed by atoms with Gasteiger partial charge >= 0.3 is 5.97 Å². The van der Waals surface area contributed by atoms with E-state index in [4.69, 9.17) is 19.9 Å². The average Bonchev–Trinajstić information content (AvgIpc) is 3.62. The van der Waals surface area contributed by atoms with Crippen molar-refractivity contribution in [2.45, 2.75) is 134 Å². The maximum Gasteiger partial charge on any atom is 0.328 e. The highest BCUT2D eigenvalue weighted by Gasteiger charge is 2.44. The molecule has 4 N–H and O–H groups in total. The number of ether oxygens (including phenoxy) is 3. The molecule has 0 spiro atoms. The van der Waals surface area contributed by atoms with E-state index in [2.05, 4.69) is 10.6 Å². The van der Waals surface area contributed by atoms with E-state index < -0.39 is 53.7 Å². The molecular formula is C40H65N5O8. The first-order valence-electron chi connectivity index (χ1n) is 19.2. The van der Waals surface area contributed by atoms with Gasteiger partial charge in [0.25, 0.3) is 0 Å². The number of carbonyl (C=O) groups is 5. The van der Waals surface area contributed by atoms with E-state index in [-0.39, 0.29) is 48.4 Å². The Morgan fingerprint density at radius 2 is 1.57 bits per heavy atom. The first-order chi connectivity index (χ1) is 25.0. The third kappa shape index (κ3) is 11.7. The molecule has 53 heavy (non-hydrogen) atoms. The fourth-order valence-corrected chi connectivity index (χ4v) is 7.96.